The molecule has 0 bridgehead atoms. The molecule has 0 rings (SSSR count). The minimum absolute atomic E-state index is 1.56. The third-order valence-corrected chi connectivity index (χ3v) is 0.724. The summed E-state index contributed by atoms with van der Waals surface area (Å²) < 4.78 is 0. The largest absolute Gasteiger partial charge is 0.357 e. The predicted octanol–water partition coefficient (Wildman–Crippen LogP) is 0.00720. The molecule has 0 fully saturated rings. The van der Waals surface area contributed by atoms with Crippen LogP contribution in [-0.4, -0.2) is 10.7 Å². The molecule has 0 aromatic rings. The van der Waals surface area contributed by atoms with Crippen LogP contribution in [-0.2, 0) is 0 Å². The standard InChI is InChI=1S/C8H6O/c1-4-7-8(9,5-2)6-3/h2-3,9H,1H3. The average Bonchev–Trinajstić information content (AvgIpc) is 1.89. The molecule has 1 nitrogen and oxygen atoms in total. The summed E-state index contributed by atoms with van der Waals surface area (Å²) in [6, 6.07) is 0. The summed E-state index contributed by atoms with van der Waals surface area (Å²) >= 11 is 0. The SMILES string of the molecule is C#CC(O)(C#C)C#CC. The van der Waals surface area contributed by atoms with Crippen molar-refractivity contribution in [3.8, 4) is 36.5 Å². The van der Waals surface area contributed by atoms with Crippen molar-refractivity contribution >= 4 is 0 Å². The quantitative estimate of drug-likeness (QED) is 0.444. The molecule has 0 heterocycles. The van der Waals surface area contributed by atoms with Gasteiger partial charge in [-0.15, -0.1) is 18.8 Å². The number of hydrogen-bond acceptors (Lipinski definition) is 1. The second-order valence-corrected chi connectivity index (χ2v) is 1.37. The predicted molar refractivity (Wildman–Crippen MR) is 36.1 cm³/mol. The third-order valence-electron chi connectivity index (χ3n) is 0.724. The van der Waals surface area contributed by atoms with Crippen molar-refractivity contribution < 1.29 is 5.11 Å². The minimum atomic E-state index is -1.67. The monoisotopic (exact) mass is 118 g/mol. The first kappa shape index (κ1) is 7.64. The molecule has 0 saturated carbocycles. The Morgan fingerprint density at radius 2 is 1.78 bits per heavy atom. The Hall–Kier alpha value is -1.36. The van der Waals surface area contributed by atoms with Gasteiger partial charge in [-0.1, -0.05) is 0 Å². The second kappa shape index (κ2) is 2.83. The summed E-state index contributed by atoms with van der Waals surface area (Å²) in [7, 11) is 0. The summed E-state index contributed by atoms with van der Waals surface area (Å²) in [5, 5.41) is 8.98. The van der Waals surface area contributed by atoms with Gasteiger partial charge in [-0.25, -0.2) is 0 Å². The lowest BCUT2D eigenvalue weighted by Crippen LogP contribution is -2.20. The zero-order valence-corrected chi connectivity index (χ0v) is 5.10. The number of rotatable bonds is 0. The first-order chi connectivity index (χ1) is 4.18. The van der Waals surface area contributed by atoms with Crippen molar-refractivity contribution in [2.75, 3.05) is 0 Å². The Labute approximate surface area is 55.1 Å². The van der Waals surface area contributed by atoms with Crippen LogP contribution in [0, 0.1) is 36.5 Å². The molecular formula is C8H6O. The van der Waals surface area contributed by atoms with Crippen LogP contribution < -0.4 is 0 Å². The highest BCUT2D eigenvalue weighted by Gasteiger charge is 2.14. The van der Waals surface area contributed by atoms with Gasteiger partial charge in [-0.3, -0.25) is 0 Å². The summed E-state index contributed by atoms with van der Waals surface area (Å²) in [5.74, 6) is 8.67. The van der Waals surface area contributed by atoms with E-state index in [0.717, 1.165) is 0 Å². The normalized spacial score (nSPS) is 8.00. The van der Waals surface area contributed by atoms with E-state index in [1.807, 2.05) is 11.8 Å². The van der Waals surface area contributed by atoms with Crippen LogP contribution in [0.3, 0.4) is 0 Å². The topological polar surface area (TPSA) is 20.2 Å². The van der Waals surface area contributed by atoms with E-state index in [2.05, 4.69) is 11.8 Å². The van der Waals surface area contributed by atoms with Gasteiger partial charge in [0.2, 0.25) is 0 Å². The zero-order chi connectivity index (χ0) is 7.33. The smallest absolute Gasteiger partial charge is 0.251 e. The number of terminal acetylenes is 2. The van der Waals surface area contributed by atoms with Crippen LogP contribution in [0.2, 0.25) is 0 Å². The van der Waals surface area contributed by atoms with E-state index in [9.17, 15) is 0 Å². The average molecular weight is 118 g/mol. The number of aliphatic hydroxyl groups is 1. The molecule has 0 amide bonds. The van der Waals surface area contributed by atoms with Crippen LogP contribution in [0.5, 0.6) is 0 Å². The van der Waals surface area contributed by atoms with Gasteiger partial charge in [0.25, 0.3) is 5.60 Å². The van der Waals surface area contributed by atoms with E-state index in [0.29, 0.717) is 0 Å². The molecule has 1 N–H and O–H groups in total. The van der Waals surface area contributed by atoms with Crippen molar-refractivity contribution in [3.05, 3.63) is 0 Å². The second-order valence-electron chi connectivity index (χ2n) is 1.37. The van der Waals surface area contributed by atoms with Crippen LogP contribution in [0.15, 0.2) is 0 Å². The van der Waals surface area contributed by atoms with Gasteiger partial charge in [-0.05, 0) is 24.7 Å². The molecule has 1 heteroatoms. The molecule has 0 atom stereocenters. The third kappa shape index (κ3) is 1.92. The molecule has 0 radical (unpaired) electrons. The maximum atomic E-state index is 8.98. The van der Waals surface area contributed by atoms with Gasteiger partial charge in [0.15, 0.2) is 0 Å². The molecule has 0 aromatic carbocycles. The Morgan fingerprint density at radius 3 is 1.89 bits per heavy atom. The Kier molecular flexibility index (Phi) is 2.40. The Balaban J connectivity index is 4.53. The number of hydrogen-bond donors (Lipinski definition) is 1. The molecular weight excluding hydrogens is 112 g/mol. The highest BCUT2D eigenvalue weighted by Crippen LogP contribution is 1.95. The molecule has 0 aliphatic carbocycles. The lowest BCUT2D eigenvalue weighted by Gasteiger charge is -2.02. The van der Waals surface area contributed by atoms with E-state index in [4.69, 9.17) is 18.0 Å². The van der Waals surface area contributed by atoms with E-state index in [-0.39, 0.29) is 0 Å². The molecule has 0 spiro atoms. The molecule has 9 heavy (non-hydrogen) atoms. The van der Waals surface area contributed by atoms with Gasteiger partial charge in [0.05, 0.1) is 0 Å². The Bertz CT molecular complexity index is 212. The highest BCUT2D eigenvalue weighted by atomic mass is 16.3. The van der Waals surface area contributed by atoms with E-state index < -0.39 is 5.60 Å². The van der Waals surface area contributed by atoms with E-state index in [1.165, 1.54) is 0 Å². The van der Waals surface area contributed by atoms with Crippen LogP contribution in [0.25, 0.3) is 0 Å². The fourth-order valence-electron chi connectivity index (χ4n) is 0.295. The highest BCUT2D eigenvalue weighted by molar-refractivity contribution is 5.38. The lowest BCUT2D eigenvalue weighted by molar-refractivity contribution is 0.225. The maximum Gasteiger partial charge on any atom is 0.251 e. The molecule has 0 unspecified atom stereocenters. The molecule has 0 saturated heterocycles. The summed E-state index contributed by atoms with van der Waals surface area (Å²) in [6.45, 7) is 1.56. The summed E-state index contributed by atoms with van der Waals surface area (Å²) in [4.78, 5) is 0. The van der Waals surface area contributed by atoms with Gasteiger partial charge in [-0.2, -0.15) is 0 Å². The van der Waals surface area contributed by atoms with Crippen LogP contribution in [0.1, 0.15) is 6.92 Å². The van der Waals surface area contributed by atoms with Crippen molar-refractivity contribution in [2.45, 2.75) is 12.5 Å². The van der Waals surface area contributed by atoms with E-state index in [1.54, 1.807) is 6.92 Å². The molecule has 0 aliphatic rings. The molecule has 0 aromatic heterocycles. The van der Waals surface area contributed by atoms with Crippen LogP contribution >= 0.6 is 0 Å². The summed E-state index contributed by atoms with van der Waals surface area (Å²) in [6.07, 6.45) is 9.72. The van der Waals surface area contributed by atoms with Crippen LogP contribution in [0.4, 0.5) is 0 Å². The zero-order valence-electron chi connectivity index (χ0n) is 5.10. The van der Waals surface area contributed by atoms with Crippen molar-refractivity contribution in [1.82, 2.24) is 0 Å². The van der Waals surface area contributed by atoms with Crippen molar-refractivity contribution in [1.29, 1.82) is 0 Å². The first-order valence-corrected chi connectivity index (χ1v) is 2.30. The summed E-state index contributed by atoms with van der Waals surface area (Å²) in [5.41, 5.74) is -1.67. The van der Waals surface area contributed by atoms with Crippen molar-refractivity contribution in [3.63, 3.8) is 0 Å². The van der Waals surface area contributed by atoms with E-state index >= 15 is 0 Å². The van der Waals surface area contributed by atoms with Gasteiger partial charge >= 0.3 is 0 Å². The fourth-order valence-corrected chi connectivity index (χ4v) is 0.295. The fraction of sp³-hybridized carbons (Fsp3) is 0.250. The van der Waals surface area contributed by atoms with Gasteiger partial charge in [0.1, 0.15) is 0 Å². The minimum Gasteiger partial charge on any atom is -0.357 e. The lowest BCUT2D eigenvalue weighted by atomic mass is 10.1. The molecule has 44 valence electrons. The van der Waals surface area contributed by atoms with Crippen molar-refractivity contribution in [2.24, 2.45) is 0 Å². The molecule has 0 aliphatic heterocycles. The first-order valence-electron chi connectivity index (χ1n) is 2.30. The van der Waals surface area contributed by atoms with Gasteiger partial charge < -0.3 is 5.11 Å². The maximum absolute atomic E-state index is 8.98. The Morgan fingerprint density at radius 1 is 1.33 bits per heavy atom. The van der Waals surface area contributed by atoms with Gasteiger partial charge in [0, 0.05) is 0 Å².